The van der Waals surface area contributed by atoms with Crippen molar-refractivity contribution < 1.29 is 22.4 Å². The van der Waals surface area contributed by atoms with Gasteiger partial charge in [0.15, 0.2) is 0 Å². The number of alkyl halides is 3. The van der Waals surface area contributed by atoms with Crippen LogP contribution in [-0.4, -0.2) is 10.1 Å². The normalized spacial score (nSPS) is 11.5. The maximum absolute atomic E-state index is 12.5. The summed E-state index contributed by atoms with van der Waals surface area (Å²) in [6.07, 6.45) is -4.68. The predicted octanol–water partition coefficient (Wildman–Crippen LogP) is 5.20. The van der Waals surface area contributed by atoms with E-state index in [1.807, 2.05) is 0 Å². The van der Waals surface area contributed by atoms with Crippen molar-refractivity contribution in [3.05, 3.63) is 59.4 Å². The van der Waals surface area contributed by atoms with E-state index in [9.17, 15) is 13.2 Å². The van der Waals surface area contributed by atoms with Crippen molar-refractivity contribution in [2.24, 2.45) is 0 Å². The average Bonchev–Trinajstić information content (AvgIpc) is 2.97. The quantitative estimate of drug-likeness (QED) is 0.657. The topological polar surface area (TPSA) is 48.2 Å². The Bertz CT molecular complexity index is 833. The van der Waals surface area contributed by atoms with Crippen molar-refractivity contribution in [3.63, 3.8) is 0 Å². The average molecular weight is 341 g/mol. The van der Waals surface area contributed by atoms with Crippen LogP contribution in [0.5, 0.6) is 11.5 Å². The molecule has 0 saturated heterocycles. The first-order chi connectivity index (χ1) is 10.9. The van der Waals surface area contributed by atoms with Gasteiger partial charge in [-0.15, -0.1) is 0 Å². The van der Waals surface area contributed by atoms with E-state index in [0.29, 0.717) is 22.1 Å². The summed E-state index contributed by atoms with van der Waals surface area (Å²) >= 11 is 5.86. The molecular weight excluding hydrogens is 333 g/mol. The van der Waals surface area contributed by atoms with E-state index < -0.39 is 12.1 Å². The Morgan fingerprint density at radius 2 is 1.70 bits per heavy atom. The van der Waals surface area contributed by atoms with Crippen molar-refractivity contribution >= 4 is 11.6 Å². The molecular formula is C15H8ClF3N2O2. The minimum Gasteiger partial charge on any atom is -0.457 e. The molecule has 4 nitrogen and oxygen atoms in total. The highest BCUT2D eigenvalue weighted by Gasteiger charge is 2.38. The maximum Gasteiger partial charge on any atom is 0.471 e. The Kier molecular flexibility index (Phi) is 3.96. The van der Waals surface area contributed by atoms with Gasteiger partial charge in [0.25, 0.3) is 0 Å². The monoisotopic (exact) mass is 340 g/mol. The number of ether oxygens (including phenoxy) is 1. The lowest BCUT2D eigenvalue weighted by atomic mass is 10.2. The Balaban J connectivity index is 1.86. The van der Waals surface area contributed by atoms with Crippen molar-refractivity contribution in [2.75, 3.05) is 0 Å². The second kappa shape index (κ2) is 5.92. The van der Waals surface area contributed by atoms with Gasteiger partial charge in [-0.2, -0.15) is 18.2 Å². The molecule has 0 aliphatic heterocycles. The third-order valence-corrected chi connectivity index (χ3v) is 3.03. The van der Waals surface area contributed by atoms with Gasteiger partial charge in [0, 0.05) is 10.6 Å². The molecule has 3 rings (SSSR count). The van der Waals surface area contributed by atoms with Gasteiger partial charge in [-0.1, -0.05) is 35.0 Å². The molecule has 118 valence electrons. The van der Waals surface area contributed by atoms with E-state index in [-0.39, 0.29) is 5.82 Å². The first-order valence-corrected chi connectivity index (χ1v) is 6.74. The maximum atomic E-state index is 12.5. The number of benzene rings is 2. The van der Waals surface area contributed by atoms with Gasteiger partial charge in [-0.3, -0.25) is 0 Å². The lowest BCUT2D eigenvalue weighted by Gasteiger charge is -2.06. The zero-order valence-corrected chi connectivity index (χ0v) is 12.1. The molecule has 0 N–H and O–H groups in total. The molecule has 1 heterocycles. The Hall–Kier alpha value is -2.54. The highest BCUT2D eigenvalue weighted by Crippen LogP contribution is 2.31. The number of nitrogens with zero attached hydrogens (tertiary/aromatic N) is 2. The zero-order chi connectivity index (χ0) is 16.4. The van der Waals surface area contributed by atoms with Crippen LogP contribution in [0.4, 0.5) is 13.2 Å². The minimum absolute atomic E-state index is 0.172. The minimum atomic E-state index is -4.68. The highest BCUT2D eigenvalue weighted by atomic mass is 35.5. The summed E-state index contributed by atoms with van der Waals surface area (Å²) in [5, 5.41) is 3.84. The molecule has 8 heteroatoms. The van der Waals surface area contributed by atoms with Crippen LogP contribution < -0.4 is 4.74 Å². The Labute approximate surface area is 133 Å². The van der Waals surface area contributed by atoms with Crippen molar-refractivity contribution in [2.45, 2.75) is 6.18 Å². The van der Waals surface area contributed by atoms with E-state index in [1.165, 1.54) is 6.07 Å². The van der Waals surface area contributed by atoms with Crippen LogP contribution in [0.15, 0.2) is 53.1 Å². The van der Waals surface area contributed by atoms with Crippen LogP contribution in [0.3, 0.4) is 0 Å². The third kappa shape index (κ3) is 3.62. The van der Waals surface area contributed by atoms with Gasteiger partial charge in [0.2, 0.25) is 5.82 Å². The van der Waals surface area contributed by atoms with E-state index in [0.717, 1.165) is 0 Å². The molecule has 0 bridgehead atoms. The summed E-state index contributed by atoms with van der Waals surface area (Å²) in [6, 6.07) is 13.0. The molecule has 0 saturated carbocycles. The van der Waals surface area contributed by atoms with Crippen LogP contribution in [0, 0.1) is 0 Å². The molecule has 23 heavy (non-hydrogen) atoms. The molecule has 0 atom stereocenters. The Morgan fingerprint density at radius 3 is 2.35 bits per heavy atom. The van der Waals surface area contributed by atoms with E-state index in [2.05, 4.69) is 14.7 Å². The highest BCUT2D eigenvalue weighted by molar-refractivity contribution is 6.30. The van der Waals surface area contributed by atoms with E-state index in [4.69, 9.17) is 16.3 Å². The van der Waals surface area contributed by atoms with Gasteiger partial charge >= 0.3 is 12.1 Å². The fraction of sp³-hybridized carbons (Fsp3) is 0.0667. The number of aromatic nitrogens is 2. The summed E-state index contributed by atoms with van der Waals surface area (Å²) in [5.74, 6) is -0.663. The number of halogens is 4. The summed E-state index contributed by atoms with van der Waals surface area (Å²) in [7, 11) is 0. The molecule has 0 spiro atoms. The lowest BCUT2D eigenvalue weighted by Crippen LogP contribution is -2.04. The van der Waals surface area contributed by atoms with Crippen molar-refractivity contribution in [3.8, 4) is 22.9 Å². The van der Waals surface area contributed by atoms with Crippen LogP contribution in [-0.2, 0) is 6.18 Å². The molecule has 0 radical (unpaired) electrons. The smallest absolute Gasteiger partial charge is 0.457 e. The van der Waals surface area contributed by atoms with E-state index in [1.54, 1.807) is 42.5 Å². The number of hydrogen-bond donors (Lipinski definition) is 0. The predicted molar refractivity (Wildman–Crippen MR) is 76.3 cm³/mol. The third-order valence-electron chi connectivity index (χ3n) is 2.79. The first kappa shape index (κ1) is 15.4. The largest absolute Gasteiger partial charge is 0.471 e. The van der Waals surface area contributed by atoms with E-state index >= 15 is 0 Å². The van der Waals surface area contributed by atoms with Crippen LogP contribution in [0.1, 0.15) is 5.89 Å². The second-order valence-electron chi connectivity index (χ2n) is 4.51. The standard InChI is InChI=1S/C15H8ClF3N2O2/c16-10-4-2-6-12(8-10)22-11-5-1-3-9(7-11)13-20-14(23-21-13)15(17,18)19/h1-8H. The molecule has 0 fully saturated rings. The zero-order valence-electron chi connectivity index (χ0n) is 11.3. The fourth-order valence-electron chi connectivity index (χ4n) is 1.82. The first-order valence-electron chi connectivity index (χ1n) is 6.36. The van der Waals surface area contributed by atoms with Crippen LogP contribution in [0.2, 0.25) is 5.02 Å². The van der Waals surface area contributed by atoms with Gasteiger partial charge in [-0.05, 0) is 30.3 Å². The van der Waals surface area contributed by atoms with Gasteiger partial charge in [0.1, 0.15) is 11.5 Å². The fourth-order valence-corrected chi connectivity index (χ4v) is 2.00. The number of rotatable bonds is 3. The molecule has 0 aliphatic rings. The van der Waals surface area contributed by atoms with Crippen molar-refractivity contribution in [1.82, 2.24) is 10.1 Å². The SMILES string of the molecule is FC(F)(F)c1nc(-c2cccc(Oc3cccc(Cl)c3)c2)no1. The molecule has 0 amide bonds. The Morgan fingerprint density at radius 1 is 1.00 bits per heavy atom. The summed E-state index contributed by atoms with van der Waals surface area (Å²) in [6.45, 7) is 0. The second-order valence-corrected chi connectivity index (χ2v) is 4.94. The molecule has 1 aromatic heterocycles. The summed E-state index contributed by atoms with van der Waals surface area (Å²) in [4.78, 5) is 3.33. The van der Waals surface area contributed by atoms with Gasteiger partial charge in [0.05, 0.1) is 0 Å². The van der Waals surface area contributed by atoms with Gasteiger partial charge < -0.3 is 9.26 Å². The summed E-state index contributed by atoms with van der Waals surface area (Å²) in [5.41, 5.74) is 0.337. The van der Waals surface area contributed by atoms with Gasteiger partial charge in [-0.25, -0.2) is 0 Å². The molecule has 3 aromatic rings. The molecule has 2 aromatic carbocycles. The molecule has 0 aliphatic carbocycles. The van der Waals surface area contributed by atoms with Crippen LogP contribution in [0.25, 0.3) is 11.4 Å². The van der Waals surface area contributed by atoms with Crippen molar-refractivity contribution in [1.29, 1.82) is 0 Å². The number of hydrogen-bond acceptors (Lipinski definition) is 4. The summed E-state index contributed by atoms with van der Waals surface area (Å²) < 4.78 is 47.3. The molecule has 0 unspecified atom stereocenters. The lowest BCUT2D eigenvalue weighted by molar-refractivity contribution is -0.159. The van der Waals surface area contributed by atoms with Crippen LogP contribution >= 0.6 is 11.6 Å².